The Balaban J connectivity index is 1.93. The van der Waals surface area contributed by atoms with Gasteiger partial charge in [-0.3, -0.25) is 10.00 Å². The highest BCUT2D eigenvalue weighted by atomic mass is 16.5. The molecule has 8 nitrogen and oxygen atoms in total. The van der Waals surface area contributed by atoms with Crippen LogP contribution < -0.4 is 9.64 Å². The molecular weight excluding hydrogens is 384 g/mol. The van der Waals surface area contributed by atoms with Crippen molar-refractivity contribution >= 4 is 23.2 Å². The van der Waals surface area contributed by atoms with E-state index >= 15 is 0 Å². The summed E-state index contributed by atoms with van der Waals surface area (Å²) in [4.78, 5) is 18.1. The van der Waals surface area contributed by atoms with E-state index < -0.39 is 5.97 Å². The second-order valence-corrected chi connectivity index (χ2v) is 6.76. The van der Waals surface area contributed by atoms with Gasteiger partial charge in [-0.05, 0) is 55.3 Å². The largest absolute Gasteiger partial charge is 0.497 e. The van der Waals surface area contributed by atoms with E-state index in [0.717, 1.165) is 22.4 Å². The minimum atomic E-state index is -1.06. The molecule has 2 N–H and O–H groups in total. The summed E-state index contributed by atoms with van der Waals surface area (Å²) in [7, 11) is 1.50. The van der Waals surface area contributed by atoms with Crippen LogP contribution in [0.25, 0.3) is 11.5 Å². The monoisotopic (exact) mass is 404 g/mol. The molecule has 2 aromatic carbocycles. The molecule has 0 spiro atoms. The van der Waals surface area contributed by atoms with E-state index in [2.05, 4.69) is 15.2 Å². The van der Waals surface area contributed by atoms with Gasteiger partial charge in [0.1, 0.15) is 17.8 Å². The number of hydrogen-bond acceptors (Lipinski definition) is 6. The fraction of sp³-hybridized carbons (Fsp3) is 0.136. The second kappa shape index (κ2) is 7.75. The average Bonchev–Trinajstić information content (AvgIpc) is 3.45. The van der Waals surface area contributed by atoms with Crippen LogP contribution in [0.5, 0.6) is 5.75 Å². The van der Waals surface area contributed by atoms with Crippen LogP contribution in [0.4, 0.5) is 17.2 Å². The first-order valence-corrected chi connectivity index (χ1v) is 9.21. The van der Waals surface area contributed by atoms with E-state index in [1.807, 2.05) is 30.9 Å². The number of nitrogens with one attached hydrogen (secondary N) is 1. The Morgan fingerprint density at radius 2 is 1.93 bits per heavy atom. The van der Waals surface area contributed by atoms with Crippen LogP contribution in [0.2, 0.25) is 0 Å². The number of methoxy groups -OCH3 is 1. The number of nitrogens with zero attached hydrogens (tertiary/aromatic N) is 3. The number of anilines is 3. The van der Waals surface area contributed by atoms with Gasteiger partial charge < -0.3 is 14.3 Å². The maximum atomic E-state index is 12.0. The quantitative estimate of drug-likeness (QED) is 0.473. The van der Waals surface area contributed by atoms with Crippen molar-refractivity contribution in [3.8, 4) is 17.2 Å². The van der Waals surface area contributed by atoms with Gasteiger partial charge in [0.05, 0.1) is 36.4 Å². The number of aromatic carboxylic acids is 1. The topological polar surface area (TPSA) is 104 Å². The predicted molar refractivity (Wildman–Crippen MR) is 112 cm³/mol. The zero-order valence-electron chi connectivity index (χ0n) is 16.7. The Morgan fingerprint density at radius 1 is 1.10 bits per heavy atom. The van der Waals surface area contributed by atoms with Crippen LogP contribution >= 0.6 is 0 Å². The zero-order chi connectivity index (χ0) is 21.3. The number of hydrogen-bond donors (Lipinski definition) is 2. The Bertz CT molecular complexity index is 1180. The standard InChI is InChI=1S/C22H20N4O4/c1-13-11-19(14(2)10-16(13)21-23-8-9-30-21)26(20-6-7-24-25-20)18-5-4-15(29-3)12-17(18)22(27)28/h4-12H,1-3H3,(H,24,25)(H,27,28). The molecule has 4 aromatic rings. The SMILES string of the molecule is COc1ccc(N(c2ccn[nH]2)c2cc(C)c(-c3ncco3)cc2C)c(C(=O)O)c1. The van der Waals surface area contributed by atoms with Gasteiger partial charge >= 0.3 is 5.97 Å². The molecule has 0 fully saturated rings. The molecule has 0 saturated carbocycles. The van der Waals surface area contributed by atoms with Gasteiger partial charge in [0.25, 0.3) is 0 Å². The summed E-state index contributed by atoms with van der Waals surface area (Å²) in [5.74, 6) is 0.576. The van der Waals surface area contributed by atoms with Crippen molar-refractivity contribution in [1.82, 2.24) is 15.2 Å². The first-order chi connectivity index (χ1) is 14.5. The lowest BCUT2D eigenvalue weighted by Gasteiger charge is -2.27. The molecule has 152 valence electrons. The molecule has 2 heterocycles. The van der Waals surface area contributed by atoms with E-state index in [1.54, 1.807) is 30.6 Å². The molecule has 0 unspecified atom stereocenters. The fourth-order valence-corrected chi connectivity index (χ4v) is 3.40. The van der Waals surface area contributed by atoms with Crippen molar-refractivity contribution in [2.24, 2.45) is 0 Å². The minimum absolute atomic E-state index is 0.109. The Labute approximate surface area is 172 Å². The summed E-state index contributed by atoms with van der Waals surface area (Å²) in [5, 5.41) is 16.8. The normalized spacial score (nSPS) is 10.8. The molecule has 0 aliphatic carbocycles. The van der Waals surface area contributed by atoms with E-state index in [1.165, 1.54) is 19.4 Å². The summed E-state index contributed by atoms with van der Waals surface area (Å²) >= 11 is 0. The van der Waals surface area contributed by atoms with Gasteiger partial charge in [-0.1, -0.05) is 0 Å². The number of carboxylic acids is 1. The molecule has 0 atom stereocenters. The molecule has 0 amide bonds. The van der Waals surface area contributed by atoms with Gasteiger partial charge in [0.15, 0.2) is 0 Å². The summed E-state index contributed by atoms with van der Waals surface area (Å²) in [6.07, 6.45) is 4.76. The number of H-pyrrole nitrogens is 1. The van der Waals surface area contributed by atoms with E-state index in [9.17, 15) is 9.90 Å². The van der Waals surface area contributed by atoms with Gasteiger partial charge in [-0.25, -0.2) is 9.78 Å². The fourth-order valence-electron chi connectivity index (χ4n) is 3.40. The number of aromatic amines is 1. The van der Waals surface area contributed by atoms with E-state index in [0.29, 0.717) is 23.1 Å². The highest BCUT2D eigenvalue weighted by Crippen LogP contribution is 2.40. The molecular formula is C22H20N4O4. The number of aromatic nitrogens is 3. The molecule has 0 radical (unpaired) electrons. The van der Waals surface area contributed by atoms with Crippen molar-refractivity contribution < 1.29 is 19.1 Å². The third kappa shape index (κ3) is 3.39. The number of carboxylic acid groups (broad SMARTS) is 1. The van der Waals surface area contributed by atoms with Crippen molar-refractivity contribution in [2.45, 2.75) is 13.8 Å². The Hall–Kier alpha value is -4.07. The summed E-state index contributed by atoms with van der Waals surface area (Å²) in [6.45, 7) is 3.91. The van der Waals surface area contributed by atoms with Crippen LogP contribution in [0.3, 0.4) is 0 Å². The molecule has 0 aliphatic rings. The van der Waals surface area contributed by atoms with E-state index in [-0.39, 0.29) is 5.56 Å². The number of oxazole rings is 1. The molecule has 0 saturated heterocycles. The molecule has 4 rings (SSSR count). The molecule has 30 heavy (non-hydrogen) atoms. The van der Waals surface area contributed by atoms with Crippen molar-refractivity contribution in [1.29, 1.82) is 0 Å². The third-order valence-corrected chi connectivity index (χ3v) is 4.85. The zero-order valence-corrected chi connectivity index (χ0v) is 16.7. The maximum Gasteiger partial charge on any atom is 0.337 e. The second-order valence-electron chi connectivity index (χ2n) is 6.76. The minimum Gasteiger partial charge on any atom is -0.497 e. The number of benzene rings is 2. The van der Waals surface area contributed by atoms with Gasteiger partial charge in [-0.2, -0.15) is 5.10 Å². The van der Waals surface area contributed by atoms with E-state index in [4.69, 9.17) is 9.15 Å². The summed E-state index contributed by atoms with van der Waals surface area (Å²) in [5.41, 5.74) is 4.12. The van der Waals surface area contributed by atoms with Crippen LogP contribution in [0, 0.1) is 13.8 Å². The number of ether oxygens (including phenoxy) is 1. The summed E-state index contributed by atoms with van der Waals surface area (Å²) in [6, 6.07) is 10.7. The number of aryl methyl sites for hydroxylation is 2. The third-order valence-electron chi connectivity index (χ3n) is 4.85. The molecule has 0 bridgehead atoms. The number of rotatable bonds is 6. The predicted octanol–water partition coefficient (Wildman–Crippen LogP) is 4.86. The highest BCUT2D eigenvalue weighted by Gasteiger charge is 2.23. The van der Waals surface area contributed by atoms with Crippen LogP contribution in [-0.4, -0.2) is 33.4 Å². The lowest BCUT2D eigenvalue weighted by molar-refractivity contribution is 0.0697. The lowest BCUT2D eigenvalue weighted by Crippen LogP contribution is -2.16. The Morgan fingerprint density at radius 3 is 2.57 bits per heavy atom. The molecule has 2 aromatic heterocycles. The molecule has 8 heteroatoms. The lowest BCUT2D eigenvalue weighted by atomic mass is 10.0. The average molecular weight is 404 g/mol. The van der Waals surface area contributed by atoms with Crippen LogP contribution in [-0.2, 0) is 0 Å². The van der Waals surface area contributed by atoms with Crippen molar-refractivity contribution in [2.75, 3.05) is 12.0 Å². The van der Waals surface area contributed by atoms with Gasteiger partial charge in [0, 0.05) is 11.6 Å². The van der Waals surface area contributed by atoms with Gasteiger partial charge in [-0.15, -0.1) is 0 Å². The smallest absolute Gasteiger partial charge is 0.337 e. The first-order valence-electron chi connectivity index (χ1n) is 9.21. The Kier molecular flexibility index (Phi) is 4.97. The first kappa shape index (κ1) is 19.3. The molecule has 0 aliphatic heterocycles. The summed E-state index contributed by atoms with van der Waals surface area (Å²) < 4.78 is 10.7. The van der Waals surface area contributed by atoms with Crippen molar-refractivity contribution in [3.63, 3.8) is 0 Å². The van der Waals surface area contributed by atoms with Crippen LogP contribution in [0.15, 0.2) is 59.5 Å². The highest BCUT2D eigenvalue weighted by molar-refractivity contribution is 5.98. The van der Waals surface area contributed by atoms with Gasteiger partial charge in [0.2, 0.25) is 5.89 Å². The number of carbonyl (C=O) groups is 1. The maximum absolute atomic E-state index is 12.0. The van der Waals surface area contributed by atoms with Crippen molar-refractivity contribution in [3.05, 3.63) is 71.7 Å². The van der Waals surface area contributed by atoms with Crippen LogP contribution in [0.1, 0.15) is 21.5 Å².